The predicted molar refractivity (Wildman–Crippen MR) is 246 cm³/mol. The van der Waals surface area contributed by atoms with Crippen LogP contribution >= 0.6 is 0 Å². The summed E-state index contributed by atoms with van der Waals surface area (Å²) in [5.41, 5.74) is 17.7. The van der Waals surface area contributed by atoms with Crippen molar-refractivity contribution in [2.24, 2.45) is 0 Å². The van der Waals surface area contributed by atoms with E-state index in [1.807, 2.05) is 69.8 Å². The number of rotatable bonds is 19. The summed E-state index contributed by atoms with van der Waals surface area (Å²) in [5.74, 6) is 1.43. The molecule has 14 heteroatoms. The Bertz CT molecular complexity index is 2820. The number of nitrogens with two attached hydrogens (primary N) is 2. The number of carbonyl (C=O) groups excluding carboxylic acids is 4. The number of fused-ring (bicyclic) bond motifs is 2. The average Bonchev–Trinajstić information content (AvgIpc) is 3.99. The Morgan fingerprint density at radius 1 is 0.516 bits per heavy atom. The molecule has 64 heavy (non-hydrogen) atoms. The van der Waals surface area contributed by atoms with Gasteiger partial charge in [-0.05, 0) is 82.9 Å². The van der Waals surface area contributed by atoms with Crippen LogP contribution in [0.25, 0.3) is 54.9 Å². The van der Waals surface area contributed by atoms with Crippen molar-refractivity contribution in [2.45, 2.75) is 52.6 Å². The molecule has 14 nitrogen and oxygen atoms in total. The second-order valence-corrected chi connectivity index (χ2v) is 15.6. The molecule has 4 N–H and O–H groups in total. The maximum absolute atomic E-state index is 13.2. The van der Waals surface area contributed by atoms with Gasteiger partial charge in [-0.3, -0.25) is 19.2 Å². The van der Waals surface area contributed by atoms with E-state index in [1.165, 1.54) is 13.8 Å². The third-order valence-electron chi connectivity index (χ3n) is 11.1. The third kappa shape index (κ3) is 9.87. The molecule has 4 heterocycles. The summed E-state index contributed by atoms with van der Waals surface area (Å²) in [6, 6.07) is 23.4. The van der Waals surface area contributed by atoms with Crippen LogP contribution in [0.2, 0.25) is 0 Å². The number of ether oxygens (including phenoxy) is 2. The molecular weight excluding hydrogens is 809 g/mol. The highest BCUT2D eigenvalue weighted by molar-refractivity contribution is 6.11. The van der Waals surface area contributed by atoms with Crippen LogP contribution in [0, 0.1) is 0 Å². The summed E-state index contributed by atoms with van der Waals surface area (Å²) >= 11 is 0. The standard InChI is InChI=1S/C50H46N8O6/c1-31(59)37-11-17-57(29-37)19-13-41(61)15-21-63-45-9-5-35-23-33(39-25-53-49(51)54-26-39)3-7-43(35)47(45)48-44-8-4-34(40-27-55-50(52)56-28-40)24-36(44)6-10-46(48)64-22-16-42(62)14-20-58-18-12-38(30-58)32(2)60/h3-12,17-18,23-30H,13-16,19-22H2,1-2H3,(H2,51,53,54)(H2,52,55,56). The van der Waals surface area contributed by atoms with Crippen LogP contribution in [-0.4, -0.2) is 65.4 Å². The predicted octanol–water partition coefficient (Wildman–Crippen LogP) is 8.60. The lowest BCUT2D eigenvalue weighted by atomic mass is 9.90. The Balaban J connectivity index is 1.14. The third-order valence-corrected chi connectivity index (χ3v) is 11.1. The van der Waals surface area contributed by atoms with Crippen LogP contribution < -0.4 is 20.9 Å². The molecule has 0 saturated heterocycles. The minimum absolute atomic E-state index is 0.0184. The van der Waals surface area contributed by atoms with Crippen molar-refractivity contribution in [2.75, 3.05) is 24.7 Å². The summed E-state index contributed by atoms with van der Waals surface area (Å²) in [6.07, 6.45) is 14.7. The van der Waals surface area contributed by atoms with E-state index in [9.17, 15) is 19.2 Å². The molecule has 0 fully saturated rings. The van der Waals surface area contributed by atoms with Gasteiger partial charge in [0.25, 0.3) is 0 Å². The molecule has 0 aliphatic heterocycles. The normalized spacial score (nSPS) is 11.2. The number of Topliss-reactive ketones (excluding diaryl/α,β-unsaturated/α-hetero) is 4. The second-order valence-electron chi connectivity index (χ2n) is 15.6. The lowest BCUT2D eigenvalue weighted by molar-refractivity contribution is -0.120. The van der Waals surface area contributed by atoms with Gasteiger partial charge in [-0.25, -0.2) is 19.9 Å². The van der Waals surface area contributed by atoms with E-state index < -0.39 is 0 Å². The number of anilines is 2. The second kappa shape index (κ2) is 18.9. The topological polar surface area (TPSA) is 200 Å². The Kier molecular flexibility index (Phi) is 12.6. The number of nitrogen functional groups attached to an aromatic ring is 2. The number of ketones is 4. The van der Waals surface area contributed by atoms with Crippen molar-refractivity contribution >= 4 is 56.6 Å². The van der Waals surface area contributed by atoms with Gasteiger partial charge >= 0.3 is 0 Å². The number of hydrogen-bond acceptors (Lipinski definition) is 12. The molecule has 322 valence electrons. The molecule has 0 atom stereocenters. The zero-order valence-electron chi connectivity index (χ0n) is 35.5. The molecule has 8 rings (SSSR count). The number of aromatic nitrogens is 6. The van der Waals surface area contributed by atoms with E-state index >= 15 is 0 Å². The van der Waals surface area contributed by atoms with E-state index in [1.54, 1.807) is 61.7 Å². The first-order valence-electron chi connectivity index (χ1n) is 20.9. The Labute approximate surface area is 368 Å². The zero-order chi connectivity index (χ0) is 44.7. The van der Waals surface area contributed by atoms with Crippen molar-refractivity contribution < 1.29 is 28.7 Å². The average molecular weight is 855 g/mol. The molecule has 0 radical (unpaired) electrons. The van der Waals surface area contributed by atoms with Crippen molar-refractivity contribution in [1.82, 2.24) is 29.1 Å². The first kappa shape index (κ1) is 42.7. The van der Waals surface area contributed by atoms with Gasteiger partial charge in [-0.1, -0.05) is 36.4 Å². The van der Waals surface area contributed by atoms with Crippen LogP contribution in [0.15, 0.2) is 122 Å². The van der Waals surface area contributed by atoms with Gasteiger partial charge in [0.05, 0.1) is 13.2 Å². The van der Waals surface area contributed by atoms with E-state index in [0.29, 0.717) is 35.7 Å². The minimum Gasteiger partial charge on any atom is -0.492 e. The minimum atomic E-state index is -0.0280. The van der Waals surface area contributed by atoms with Crippen molar-refractivity contribution in [3.8, 4) is 44.9 Å². The fourth-order valence-corrected chi connectivity index (χ4v) is 7.59. The zero-order valence-corrected chi connectivity index (χ0v) is 35.5. The van der Waals surface area contributed by atoms with Crippen LogP contribution in [-0.2, 0) is 22.7 Å². The molecule has 0 spiro atoms. The van der Waals surface area contributed by atoms with Crippen molar-refractivity contribution in [3.05, 3.63) is 133 Å². The molecule has 0 aliphatic rings. The summed E-state index contributed by atoms with van der Waals surface area (Å²) in [4.78, 5) is 66.7. The first-order chi connectivity index (χ1) is 31.0. The molecule has 4 aromatic carbocycles. The van der Waals surface area contributed by atoms with Gasteiger partial charge in [0, 0.05) is 122 Å². The number of aryl methyl sites for hydroxylation is 2. The van der Waals surface area contributed by atoms with Gasteiger partial charge < -0.3 is 30.1 Å². The summed E-state index contributed by atoms with van der Waals surface area (Å²) in [7, 11) is 0. The monoisotopic (exact) mass is 854 g/mol. The molecule has 0 amide bonds. The number of benzene rings is 4. The maximum atomic E-state index is 13.2. The lowest BCUT2D eigenvalue weighted by Gasteiger charge is -2.20. The lowest BCUT2D eigenvalue weighted by Crippen LogP contribution is -2.10. The highest BCUT2D eigenvalue weighted by atomic mass is 16.5. The fourth-order valence-electron chi connectivity index (χ4n) is 7.59. The van der Waals surface area contributed by atoms with Gasteiger partial charge in [0.15, 0.2) is 11.6 Å². The van der Waals surface area contributed by atoms with Crippen molar-refractivity contribution in [3.63, 3.8) is 0 Å². The van der Waals surface area contributed by atoms with Crippen LogP contribution in [0.3, 0.4) is 0 Å². The Hall–Kier alpha value is -8.00. The molecule has 0 bridgehead atoms. The SMILES string of the molecule is CC(=O)c1ccn(CCC(=O)CCOc2ccc3cc(-c4cnc(N)nc4)ccc3c2-c2c(OCCC(=O)CCn3ccc(C(C)=O)c3)ccc3cc(-c4cnc(N)nc4)ccc23)c1. The van der Waals surface area contributed by atoms with Crippen molar-refractivity contribution in [1.29, 1.82) is 0 Å². The summed E-state index contributed by atoms with van der Waals surface area (Å²) in [6.45, 7) is 4.17. The highest BCUT2D eigenvalue weighted by Gasteiger charge is 2.21. The van der Waals surface area contributed by atoms with E-state index in [0.717, 1.165) is 54.9 Å². The number of carbonyl (C=O) groups is 4. The van der Waals surface area contributed by atoms with Gasteiger partial charge in [-0.15, -0.1) is 0 Å². The van der Waals surface area contributed by atoms with Gasteiger partial charge in [0.2, 0.25) is 11.9 Å². The Morgan fingerprint density at radius 3 is 1.30 bits per heavy atom. The molecule has 0 aliphatic carbocycles. The molecule has 0 unspecified atom stereocenters. The highest BCUT2D eigenvalue weighted by Crippen LogP contribution is 2.47. The van der Waals surface area contributed by atoms with Gasteiger partial charge in [0.1, 0.15) is 23.1 Å². The van der Waals surface area contributed by atoms with Crippen LogP contribution in [0.4, 0.5) is 11.9 Å². The summed E-state index contributed by atoms with van der Waals surface area (Å²) < 4.78 is 16.8. The van der Waals surface area contributed by atoms with E-state index in [2.05, 4.69) is 19.9 Å². The smallest absolute Gasteiger partial charge is 0.219 e. The Morgan fingerprint density at radius 2 is 0.922 bits per heavy atom. The molecule has 0 saturated carbocycles. The summed E-state index contributed by atoms with van der Waals surface area (Å²) in [5, 5.41) is 3.52. The first-order valence-corrected chi connectivity index (χ1v) is 20.9. The number of nitrogens with zero attached hydrogens (tertiary/aromatic N) is 6. The van der Waals surface area contributed by atoms with Crippen LogP contribution in [0.1, 0.15) is 60.2 Å². The number of hydrogen-bond donors (Lipinski definition) is 2. The van der Waals surface area contributed by atoms with Crippen LogP contribution in [0.5, 0.6) is 11.5 Å². The quantitative estimate of drug-likeness (QED) is 0.0735. The molecular formula is C50H46N8O6. The molecule has 4 aromatic heterocycles. The molecule has 8 aromatic rings. The largest absolute Gasteiger partial charge is 0.492 e. The fraction of sp³-hybridized carbons (Fsp3) is 0.200. The van der Waals surface area contributed by atoms with E-state index in [4.69, 9.17) is 20.9 Å². The van der Waals surface area contributed by atoms with E-state index in [-0.39, 0.29) is 73.9 Å². The maximum Gasteiger partial charge on any atom is 0.219 e. The van der Waals surface area contributed by atoms with Gasteiger partial charge in [-0.2, -0.15) is 0 Å².